The van der Waals surface area contributed by atoms with E-state index in [2.05, 4.69) is 16.0 Å². The Morgan fingerprint density at radius 3 is 2.54 bits per heavy atom. The quantitative estimate of drug-likeness (QED) is 0.896. The molecule has 0 radical (unpaired) electrons. The maximum absolute atomic E-state index is 13.7. The first kappa shape index (κ1) is 17.0. The van der Waals surface area contributed by atoms with E-state index in [0.717, 1.165) is 29.9 Å². The molecule has 0 amide bonds. The molecule has 2 saturated heterocycles. The van der Waals surface area contributed by atoms with Crippen molar-refractivity contribution in [3.8, 4) is 6.07 Å². The number of piperidine rings is 1. The monoisotopic (exact) mass is 351 g/mol. The Balaban J connectivity index is 1.72. The van der Waals surface area contributed by atoms with Crippen molar-refractivity contribution in [1.29, 1.82) is 5.26 Å². The number of nitrogens with zero attached hydrogens (tertiary/aromatic N) is 3. The number of fused-ring (bicyclic) bond motifs is 2. The first-order valence-corrected chi connectivity index (χ1v) is 9.06. The molecule has 1 aromatic heterocycles. The van der Waals surface area contributed by atoms with Crippen LogP contribution in [0.25, 0.3) is 0 Å². The highest BCUT2D eigenvalue weighted by Crippen LogP contribution is 2.48. The Kier molecular flexibility index (Phi) is 3.96. The number of hydrogen-bond donors (Lipinski definition) is 1. The fourth-order valence-electron chi connectivity index (χ4n) is 4.73. The standard InChI is InChI=1S/C21H22FN3O/c1-13-8-14(2)24-20(19(13)12-23)25-17-6-7-18(25)11-21(26,10-17)15-4-3-5-16(22)9-15/h3-5,8-9,17-18,26H,6-7,10-11H2,1-2H3/t17-,18-/m0/s1. The lowest BCUT2D eigenvalue weighted by Crippen LogP contribution is -2.50. The van der Waals surface area contributed by atoms with Crippen LogP contribution < -0.4 is 4.90 Å². The molecule has 2 aromatic rings. The predicted octanol–water partition coefficient (Wildman–Crippen LogP) is 3.73. The summed E-state index contributed by atoms with van der Waals surface area (Å²) in [7, 11) is 0. The van der Waals surface area contributed by atoms with Gasteiger partial charge in [-0.3, -0.25) is 0 Å². The van der Waals surface area contributed by atoms with E-state index in [-0.39, 0.29) is 17.9 Å². The lowest BCUT2D eigenvalue weighted by Gasteiger charge is -2.45. The number of aromatic nitrogens is 1. The Labute approximate surface area is 152 Å². The molecule has 134 valence electrons. The molecule has 1 N–H and O–H groups in total. The van der Waals surface area contributed by atoms with E-state index in [9.17, 15) is 14.8 Å². The largest absolute Gasteiger partial charge is 0.385 e. The second kappa shape index (κ2) is 6.07. The summed E-state index contributed by atoms with van der Waals surface area (Å²) in [6.45, 7) is 3.87. The minimum absolute atomic E-state index is 0.0998. The smallest absolute Gasteiger partial charge is 0.147 e. The van der Waals surface area contributed by atoms with Gasteiger partial charge >= 0.3 is 0 Å². The van der Waals surface area contributed by atoms with E-state index >= 15 is 0 Å². The maximum Gasteiger partial charge on any atom is 0.147 e. The summed E-state index contributed by atoms with van der Waals surface area (Å²) in [6, 6.07) is 10.7. The summed E-state index contributed by atoms with van der Waals surface area (Å²) < 4.78 is 13.7. The van der Waals surface area contributed by atoms with Crippen molar-refractivity contribution in [3.05, 3.63) is 58.5 Å². The molecule has 2 bridgehead atoms. The molecule has 2 atom stereocenters. The van der Waals surface area contributed by atoms with Gasteiger partial charge in [0.2, 0.25) is 0 Å². The van der Waals surface area contributed by atoms with Crippen molar-refractivity contribution in [2.24, 2.45) is 0 Å². The van der Waals surface area contributed by atoms with E-state index in [4.69, 9.17) is 0 Å². The molecule has 2 aliphatic heterocycles. The molecule has 4 rings (SSSR count). The summed E-state index contributed by atoms with van der Waals surface area (Å²) in [5.74, 6) is 0.409. The number of halogens is 1. The minimum atomic E-state index is -1.03. The molecule has 26 heavy (non-hydrogen) atoms. The van der Waals surface area contributed by atoms with Crippen LogP contribution in [0, 0.1) is 31.0 Å². The predicted molar refractivity (Wildman–Crippen MR) is 97.2 cm³/mol. The van der Waals surface area contributed by atoms with Gasteiger partial charge in [-0.05, 0) is 56.0 Å². The van der Waals surface area contributed by atoms with E-state index in [1.165, 1.54) is 12.1 Å². The molecule has 3 heterocycles. The topological polar surface area (TPSA) is 60.2 Å². The van der Waals surface area contributed by atoms with Gasteiger partial charge in [0.05, 0.1) is 11.2 Å². The van der Waals surface area contributed by atoms with Crippen LogP contribution in [-0.2, 0) is 5.60 Å². The number of nitriles is 1. The molecule has 2 fully saturated rings. The average molecular weight is 351 g/mol. The Morgan fingerprint density at radius 1 is 1.23 bits per heavy atom. The van der Waals surface area contributed by atoms with Crippen LogP contribution in [0.1, 0.15) is 48.1 Å². The summed E-state index contributed by atoms with van der Waals surface area (Å²) in [5.41, 5.74) is 2.05. The lowest BCUT2D eigenvalue weighted by atomic mass is 9.80. The lowest BCUT2D eigenvalue weighted by molar-refractivity contribution is -0.00345. The molecular formula is C21H22FN3O. The number of hydrogen-bond acceptors (Lipinski definition) is 4. The Morgan fingerprint density at radius 2 is 1.92 bits per heavy atom. The number of aryl methyl sites for hydroxylation is 2. The number of aliphatic hydroxyl groups is 1. The van der Waals surface area contributed by atoms with Gasteiger partial charge in [-0.25, -0.2) is 9.37 Å². The van der Waals surface area contributed by atoms with Crippen LogP contribution in [-0.4, -0.2) is 22.2 Å². The van der Waals surface area contributed by atoms with Crippen LogP contribution in [0.3, 0.4) is 0 Å². The van der Waals surface area contributed by atoms with Crippen LogP contribution in [0.4, 0.5) is 10.2 Å². The normalized spacial score (nSPS) is 27.4. The number of anilines is 1. The van der Waals surface area contributed by atoms with Gasteiger partial charge in [0, 0.05) is 30.6 Å². The summed E-state index contributed by atoms with van der Waals surface area (Å²) in [5, 5.41) is 20.9. The van der Waals surface area contributed by atoms with Crippen molar-refractivity contribution in [2.45, 2.75) is 57.2 Å². The average Bonchev–Trinajstić information content (AvgIpc) is 2.86. The fraction of sp³-hybridized carbons (Fsp3) is 0.429. The maximum atomic E-state index is 13.7. The van der Waals surface area contributed by atoms with Crippen LogP contribution in [0.2, 0.25) is 0 Å². The number of pyridine rings is 1. The zero-order valence-corrected chi connectivity index (χ0v) is 15.0. The first-order chi connectivity index (χ1) is 12.4. The molecule has 0 spiro atoms. The van der Waals surface area contributed by atoms with Gasteiger partial charge in [0.25, 0.3) is 0 Å². The number of benzene rings is 1. The van der Waals surface area contributed by atoms with E-state index in [1.807, 2.05) is 19.9 Å². The van der Waals surface area contributed by atoms with Crippen molar-refractivity contribution in [3.63, 3.8) is 0 Å². The van der Waals surface area contributed by atoms with Gasteiger partial charge in [0.1, 0.15) is 17.7 Å². The molecule has 0 aliphatic carbocycles. The molecule has 1 aromatic carbocycles. The van der Waals surface area contributed by atoms with E-state index < -0.39 is 5.60 Å². The minimum Gasteiger partial charge on any atom is -0.385 e. The third-order valence-electron chi connectivity index (χ3n) is 5.81. The Bertz CT molecular complexity index is 891. The SMILES string of the molecule is Cc1cc(C)c(C#N)c(N2[C@H]3CC[C@H]2CC(O)(c2cccc(F)c2)C3)n1. The van der Waals surface area contributed by atoms with Crippen LogP contribution >= 0.6 is 0 Å². The third-order valence-corrected chi connectivity index (χ3v) is 5.81. The summed E-state index contributed by atoms with van der Waals surface area (Å²) in [4.78, 5) is 6.89. The molecule has 2 aliphatic rings. The molecular weight excluding hydrogens is 329 g/mol. The molecule has 0 saturated carbocycles. The number of rotatable bonds is 2. The van der Waals surface area contributed by atoms with Crippen LogP contribution in [0.5, 0.6) is 0 Å². The second-order valence-electron chi connectivity index (χ2n) is 7.63. The highest BCUT2D eigenvalue weighted by molar-refractivity contribution is 5.60. The van der Waals surface area contributed by atoms with Gasteiger partial charge < -0.3 is 10.0 Å². The van der Waals surface area contributed by atoms with Gasteiger partial charge in [-0.1, -0.05) is 12.1 Å². The molecule has 4 nitrogen and oxygen atoms in total. The molecule has 5 heteroatoms. The van der Waals surface area contributed by atoms with Gasteiger partial charge in [-0.15, -0.1) is 0 Å². The highest BCUT2D eigenvalue weighted by atomic mass is 19.1. The zero-order valence-electron chi connectivity index (χ0n) is 15.0. The van der Waals surface area contributed by atoms with Crippen LogP contribution in [0.15, 0.2) is 30.3 Å². The fourth-order valence-corrected chi connectivity index (χ4v) is 4.73. The zero-order chi connectivity index (χ0) is 18.5. The van der Waals surface area contributed by atoms with E-state index in [1.54, 1.807) is 12.1 Å². The van der Waals surface area contributed by atoms with E-state index in [0.29, 0.717) is 24.0 Å². The van der Waals surface area contributed by atoms with Gasteiger partial charge in [-0.2, -0.15) is 5.26 Å². The third kappa shape index (κ3) is 2.65. The molecule has 0 unspecified atom stereocenters. The second-order valence-corrected chi connectivity index (χ2v) is 7.63. The first-order valence-electron chi connectivity index (χ1n) is 9.06. The highest BCUT2D eigenvalue weighted by Gasteiger charge is 2.49. The van der Waals surface area contributed by atoms with Crippen molar-refractivity contribution in [1.82, 2.24) is 4.98 Å². The Hall–Kier alpha value is -2.45. The van der Waals surface area contributed by atoms with Gasteiger partial charge in [0.15, 0.2) is 0 Å². The van der Waals surface area contributed by atoms with Crippen molar-refractivity contribution in [2.75, 3.05) is 4.90 Å². The summed E-state index contributed by atoms with van der Waals surface area (Å²) in [6.07, 6.45) is 2.93. The van der Waals surface area contributed by atoms with Crippen molar-refractivity contribution < 1.29 is 9.50 Å². The van der Waals surface area contributed by atoms with Crippen molar-refractivity contribution >= 4 is 5.82 Å². The summed E-state index contributed by atoms with van der Waals surface area (Å²) >= 11 is 0.